The largest absolute Gasteiger partial charge is 0.360 e. The van der Waals surface area contributed by atoms with Gasteiger partial charge in [0.1, 0.15) is 0 Å². The summed E-state index contributed by atoms with van der Waals surface area (Å²) in [6.07, 6.45) is 5.28. The van der Waals surface area contributed by atoms with Gasteiger partial charge >= 0.3 is 0 Å². The third-order valence-electron chi connectivity index (χ3n) is 10.4. The molecule has 0 aliphatic carbocycles. The van der Waals surface area contributed by atoms with Crippen molar-refractivity contribution < 1.29 is 9.59 Å². The second-order valence-corrected chi connectivity index (χ2v) is 15.5. The Hall–Kier alpha value is -5.76. The first-order valence-electron chi connectivity index (χ1n) is 19.5. The Labute approximate surface area is 349 Å². The molecule has 6 nitrogen and oxygen atoms in total. The molecule has 2 heterocycles. The van der Waals surface area contributed by atoms with E-state index < -0.39 is 12.1 Å². The van der Waals surface area contributed by atoms with Gasteiger partial charge in [-0.25, -0.2) is 0 Å². The number of H-pyrrole nitrogens is 2. The highest BCUT2D eigenvalue weighted by molar-refractivity contribution is 6.32. The van der Waals surface area contributed by atoms with E-state index in [9.17, 15) is 9.59 Å². The molecule has 0 unspecified atom stereocenters. The van der Waals surface area contributed by atoms with E-state index in [1.54, 1.807) is 12.4 Å². The first-order chi connectivity index (χ1) is 28.2. The Morgan fingerprint density at radius 1 is 0.517 bits per heavy atom. The van der Waals surface area contributed by atoms with Crippen molar-refractivity contribution in [2.75, 3.05) is 13.1 Å². The minimum absolute atomic E-state index is 0.0497. The number of carbonyl (C=O) groups excluding carboxylic acids is 2. The molecule has 0 bridgehead atoms. The van der Waals surface area contributed by atoms with Crippen LogP contribution in [0.2, 0.25) is 10.0 Å². The molecule has 0 aliphatic rings. The second-order valence-electron chi connectivity index (χ2n) is 14.6. The van der Waals surface area contributed by atoms with E-state index in [1.807, 2.05) is 97.1 Å². The summed E-state index contributed by atoms with van der Waals surface area (Å²) in [6.45, 7) is 5.59. The maximum atomic E-state index is 13.5. The zero-order chi connectivity index (χ0) is 40.4. The minimum Gasteiger partial charge on any atom is -0.360 e. The molecule has 0 saturated carbocycles. The SMILES string of the molecule is Cc1ccc(CCN[C@@H](C(=O)c2c[nH]c3cc(Cl)ccc23)c2ccccc2)cc1.Cc1ccc(CCN[C@H](C(=O)c2c[nH]c3cc(Cl)ccc23)c2ccccc2)cc1. The van der Waals surface area contributed by atoms with Crippen LogP contribution in [0.1, 0.15) is 66.2 Å². The molecule has 2 aromatic heterocycles. The normalized spacial score (nSPS) is 12.2. The van der Waals surface area contributed by atoms with Gasteiger partial charge in [0.15, 0.2) is 11.6 Å². The van der Waals surface area contributed by atoms with E-state index in [1.165, 1.54) is 22.3 Å². The zero-order valence-corrected chi connectivity index (χ0v) is 34.1. The molecule has 0 aliphatic heterocycles. The molecule has 58 heavy (non-hydrogen) atoms. The number of carbonyl (C=O) groups is 2. The van der Waals surface area contributed by atoms with Gasteiger partial charge in [-0.15, -0.1) is 0 Å². The number of rotatable bonds is 14. The highest BCUT2D eigenvalue weighted by atomic mass is 35.5. The number of nitrogens with one attached hydrogen (secondary N) is 4. The van der Waals surface area contributed by atoms with Gasteiger partial charge < -0.3 is 20.6 Å². The van der Waals surface area contributed by atoms with Gasteiger partial charge in [-0.1, -0.05) is 156 Å². The van der Waals surface area contributed by atoms with Crippen LogP contribution >= 0.6 is 23.2 Å². The van der Waals surface area contributed by atoms with Crippen molar-refractivity contribution in [2.45, 2.75) is 38.8 Å². The maximum absolute atomic E-state index is 13.5. The van der Waals surface area contributed by atoms with Crippen LogP contribution in [0.3, 0.4) is 0 Å². The van der Waals surface area contributed by atoms with Crippen molar-refractivity contribution in [2.24, 2.45) is 0 Å². The first kappa shape index (κ1) is 40.4. The Morgan fingerprint density at radius 3 is 1.28 bits per heavy atom. The van der Waals surface area contributed by atoms with E-state index in [2.05, 4.69) is 83.0 Å². The quantitative estimate of drug-likeness (QED) is 0.0824. The summed E-state index contributed by atoms with van der Waals surface area (Å²) < 4.78 is 0. The molecule has 2 atom stereocenters. The van der Waals surface area contributed by atoms with Crippen LogP contribution < -0.4 is 10.6 Å². The summed E-state index contributed by atoms with van der Waals surface area (Å²) in [5.74, 6) is 0.0994. The van der Waals surface area contributed by atoms with Crippen molar-refractivity contribution in [3.63, 3.8) is 0 Å². The lowest BCUT2D eigenvalue weighted by Crippen LogP contribution is -2.30. The molecular weight excluding hydrogens is 759 g/mol. The number of aromatic nitrogens is 2. The van der Waals surface area contributed by atoms with Crippen LogP contribution in [0.5, 0.6) is 0 Å². The molecule has 0 radical (unpaired) electrons. The van der Waals surface area contributed by atoms with Gasteiger partial charge in [0.05, 0.1) is 12.1 Å². The fourth-order valence-electron chi connectivity index (χ4n) is 7.16. The van der Waals surface area contributed by atoms with Gasteiger partial charge in [-0.2, -0.15) is 0 Å². The summed E-state index contributed by atoms with van der Waals surface area (Å²) in [5, 5.41) is 10.0. The van der Waals surface area contributed by atoms with Gasteiger partial charge in [-0.05, 0) is 73.2 Å². The Kier molecular flexibility index (Phi) is 13.3. The number of ketones is 2. The fraction of sp³-hybridized carbons (Fsp3) is 0.160. The number of Topliss-reactive ketones (excluding diaryl/α,β-unsaturated/α-hetero) is 2. The number of hydrogen-bond acceptors (Lipinski definition) is 4. The molecule has 8 rings (SSSR count). The van der Waals surface area contributed by atoms with Crippen molar-refractivity contribution in [3.8, 4) is 0 Å². The molecule has 0 saturated heterocycles. The van der Waals surface area contributed by atoms with E-state index in [0.29, 0.717) is 34.3 Å². The van der Waals surface area contributed by atoms with Crippen LogP contribution in [-0.2, 0) is 12.8 Å². The topological polar surface area (TPSA) is 89.8 Å². The third-order valence-corrected chi connectivity index (χ3v) is 10.8. The van der Waals surface area contributed by atoms with Crippen LogP contribution in [0.25, 0.3) is 21.8 Å². The highest BCUT2D eigenvalue weighted by Gasteiger charge is 2.25. The predicted molar refractivity (Wildman–Crippen MR) is 239 cm³/mol. The van der Waals surface area contributed by atoms with Crippen LogP contribution in [-0.4, -0.2) is 34.6 Å². The van der Waals surface area contributed by atoms with Crippen molar-refractivity contribution in [3.05, 3.63) is 213 Å². The molecular formula is C50H46Cl2N4O2. The maximum Gasteiger partial charge on any atom is 0.186 e. The monoisotopic (exact) mass is 804 g/mol. The van der Waals surface area contributed by atoms with Crippen LogP contribution in [0.4, 0.5) is 0 Å². The first-order valence-corrected chi connectivity index (χ1v) is 20.3. The molecule has 292 valence electrons. The lowest BCUT2D eigenvalue weighted by Gasteiger charge is -2.18. The third kappa shape index (κ3) is 10.0. The molecule has 8 aromatic rings. The number of fused-ring (bicyclic) bond motifs is 2. The number of hydrogen-bond donors (Lipinski definition) is 4. The number of halogens is 2. The van der Waals surface area contributed by atoms with Gasteiger partial charge in [-0.3, -0.25) is 9.59 Å². The Morgan fingerprint density at radius 2 is 0.897 bits per heavy atom. The van der Waals surface area contributed by atoms with Gasteiger partial charge in [0, 0.05) is 68.5 Å². The Bertz CT molecular complexity index is 2420. The van der Waals surface area contributed by atoms with Crippen molar-refractivity contribution in [1.82, 2.24) is 20.6 Å². The highest BCUT2D eigenvalue weighted by Crippen LogP contribution is 2.28. The molecule has 0 fully saturated rings. The zero-order valence-electron chi connectivity index (χ0n) is 32.6. The number of aromatic amines is 2. The van der Waals surface area contributed by atoms with Crippen molar-refractivity contribution >= 4 is 56.6 Å². The van der Waals surface area contributed by atoms with Crippen LogP contribution in [0.15, 0.2) is 158 Å². The van der Waals surface area contributed by atoms with E-state index >= 15 is 0 Å². The summed E-state index contributed by atoms with van der Waals surface area (Å²) in [4.78, 5) is 33.3. The van der Waals surface area contributed by atoms with Crippen LogP contribution in [0, 0.1) is 13.8 Å². The standard InChI is InChI=1S/2C25H23ClN2O/c2*1-17-7-9-18(10-8-17)13-14-27-24(19-5-3-2-4-6-19)25(29)22-16-28-23-15-20(26)11-12-21(22)23/h2*2-12,15-16,24,27-28H,13-14H2,1H3/t2*24-/m10/s1. The van der Waals surface area contributed by atoms with Gasteiger partial charge in [0.2, 0.25) is 0 Å². The molecule has 8 heteroatoms. The van der Waals surface area contributed by atoms with E-state index in [0.717, 1.165) is 45.8 Å². The minimum atomic E-state index is -0.406. The summed E-state index contributed by atoms with van der Waals surface area (Å²) in [5.41, 5.74) is 10.0. The number of aryl methyl sites for hydroxylation is 2. The number of benzene rings is 6. The lowest BCUT2D eigenvalue weighted by atomic mass is 9.96. The van der Waals surface area contributed by atoms with E-state index in [-0.39, 0.29) is 11.6 Å². The molecule has 6 aromatic carbocycles. The second kappa shape index (κ2) is 19.1. The van der Waals surface area contributed by atoms with Crippen molar-refractivity contribution in [1.29, 1.82) is 0 Å². The van der Waals surface area contributed by atoms with E-state index in [4.69, 9.17) is 23.2 Å². The lowest BCUT2D eigenvalue weighted by molar-refractivity contribution is 0.0937. The average Bonchev–Trinajstić information content (AvgIpc) is 3.87. The summed E-state index contributed by atoms with van der Waals surface area (Å²) in [6, 6.07) is 47.1. The average molecular weight is 806 g/mol. The predicted octanol–water partition coefficient (Wildman–Crippen LogP) is 11.8. The Balaban J connectivity index is 0.000000177. The van der Waals surface area contributed by atoms with Gasteiger partial charge in [0.25, 0.3) is 0 Å². The summed E-state index contributed by atoms with van der Waals surface area (Å²) >= 11 is 12.2. The fourth-order valence-corrected chi connectivity index (χ4v) is 7.51. The molecule has 0 amide bonds. The summed E-state index contributed by atoms with van der Waals surface area (Å²) in [7, 11) is 0. The molecule has 0 spiro atoms. The smallest absolute Gasteiger partial charge is 0.186 e. The molecule has 4 N–H and O–H groups in total.